The molecule has 4 aromatic carbocycles. The average molecular weight is 347 g/mol. The fraction of sp³-hybridized carbons (Fsp3) is 0. The highest BCUT2D eigenvalue weighted by Gasteiger charge is 2.12. The van der Waals surface area contributed by atoms with Gasteiger partial charge < -0.3 is 4.98 Å². The van der Waals surface area contributed by atoms with E-state index < -0.39 is 0 Å². The highest BCUT2D eigenvalue weighted by molar-refractivity contribution is 9.10. The number of H-pyrrole nitrogens is 1. The zero-order chi connectivity index (χ0) is 14.7. The molecule has 5 rings (SSSR count). The van der Waals surface area contributed by atoms with Crippen molar-refractivity contribution in [1.29, 1.82) is 0 Å². The third-order valence-electron chi connectivity index (χ3n) is 4.35. The van der Waals surface area contributed by atoms with Gasteiger partial charge in [0, 0.05) is 9.86 Å². The molecule has 0 aliphatic rings. The molecule has 104 valence electrons. The molecule has 22 heavy (non-hydrogen) atoms. The first kappa shape index (κ1) is 12.2. The normalized spacial score (nSPS) is 11.9. The van der Waals surface area contributed by atoms with E-state index in [0.29, 0.717) is 0 Å². The van der Waals surface area contributed by atoms with E-state index in [0.717, 1.165) is 15.5 Å². The number of nitrogens with one attached hydrogen (secondary N) is 1. The number of benzene rings is 4. The monoisotopic (exact) mass is 346 g/mol. The Morgan fingerprint density at radius 3 is 2.41 bits per heavy atom. The number of imidazole rings is 1. The first-order valence-corrected chi connectivity index (χ1v) is 7.98. The van der Waals surface area contributed by atoms with Gasteiger partial charge in [-0.1, -0.05) is 52.3 Å². The zero-order valence-corrected chi connectivity index (χ0v) is 13.2. The van der Waals surface area contributed by atoms with E-state index in [1.165, 1.54) is 32.3 Å². The Balaban J connectivity index is 2.23. The van der Waals surface area contributed by atoms with E-state index in [9.17, 15) is 0 Å². The van der Waals surface area contributed by atoms with Gasteiger partial charge in [0.2, 0.25) is 0 Å². The largest absolute Gasteiger partial charge is 0.345 e. The van der Waals surface area contributed by atoms with Gasteiger partial charge in [-0.05, 0) is 45.1 Å². The van der Waals surface area contributed by atoms with E-state index in [4.69, 9.17) is 0 Å². The summed E-state index contributed by atoms with van der Waals surface area (Å²) in [6, 6.07) is 19.4. The van der Waals surface area contributed by atoms with Crippen LogP contribution in [-0.4, -0.2) is 9.97 Å². The number of nitrogens with zero attached hydrogens (tertiary/aromatic N) is 1. The Labute approximate surface area is 134 Å². The van der Waals surface area contributed by atoms with Gasteiger partial charge in [0.1, 0.15) is 0 Å². The summed E-state index contributed by atoms with van der Waals surface area (Å²) in [5, 5.41) is 7.53. The molecule has 1 aromatic heterocycles. The number of hydrogen-bond acceptors (Lipinski definition) is 1. The standard InChI is InChI=1S/C19H11BrN2/c20-11-5-6-13-15-7-8-17-19(22-10-21-17)18(15)14-4-2-1-3-12(14)16(13)9-11/h1-10H,(H,21,22). The fourth-order valence-electron chi connectivity index (χ4n) is 3.42. The van der Waals surface area contributed by atoms with Crippen molar-refractivity contribution in [3.63, 3.8) is 0 Å². The van der Waals surface area contributed by atoms with Crippen molar-refractivity contribution in [2.24, 2.45) is 0 Å². The Morgan fingerprint density at radius 2 is 1.50 bits per heavy atom. The van der Waals surface area contributed by atoms with Crippen LogP contribution in [0.25, 0.3) is 43.4 Å². The maximum Gasteiger partial charge on any atom is 0.0967 e. The number of aromatic nitrogens is 2. The molecule has 0 atom stereocenters. The van der Waals surface area contributed by atoms with Crippen molar-refractivity contribution in [3.8, 4) is 0 Å². The third kappa shape index (κ3) is 1.52. The third-order valence-corrected chi connectivity index (χ3v) is 4.84. The van der Waals surface area contributed by atoms with Crippen molar-refractivity contribution in [2.75, 3.05) is 0 Å². The summed E-state index contributed by atoms with van der Waals surface area (Å²) in [6.07, 6.45) is 1.77. The first-order valence-electron chi connectivity index (χ1n) is 7.19. The first-order chi connectivity index (χ1) is 10.8. The van der Waals surface area contributed by atoms with Gasteiger partial charge in [0.25, 0.3) is 0 Å². The number of hydrogen-bond donors (Lipinski definition) is 1. The molecular weight excluding hydrogens is 336 g/mol. The lowest BCUT2D eigenvalue weighted by Gasteiger charge is -2.11. The molecule has 0 amide bonds. The maximum absolute atomic E-state index is 4.56. The van der Waals surface area contributed by atoms with Crippen LogP contribution in [0.1, 0.15) is 0 Å². The van der Waals surface area contributed by atoms with Gasteiger partial charge in [-0.3, -0.25) is 0 Å². The molecule has 0 fully saturated rings. The molecular formula is C19H11BrN2. The summed E-state index contributed by atoms with van der Waals surface area (Å²) in [5.74, 6) is 0. The number of aromatic amines is 1. The minimum absolute atomic E-state index is 1.04. The van der Waals surface area contributed by atoms with Gasteiger partial charge in [-0.25, -0.2) is 4.98 Å². The predicted molar refractivity (Wildman–Crippen MR) is 96.3 cm³/mol. The van der Waals surface area contributed by atoms with Gasteiger partial charge in [0.15, 0.2) is 0 Å². The van der Waals surface area contributed by atoms with Crippen molar-refractivity contribution in [1.82, 2.24) is 9.97 Å². The van der Waals surface area contributed by atoms with Gasteiger partial charge >= 0.3 is 0 Å². The molecule has 0 unspecified atom stereocenters. The van der Waals surface area contributed by atoms with Crippen molar-refractivity contribution < 1.29 is 0 Å². The maximum atomic E-state index is 4.56. The highest BCUT2D eigenvalue weighted by atomic mass is 79.9. The Kier molecular flexibility index (Phi) is 2.38. The molecule has 0 bridgehead atoms. The van der Waals surface area contributed by atoms with E-state index in [-0.39, 0.29) is 0 Å². The predicted octanol–water partition coefficient (Wildman–Crippen LogP) is 5.79. The minimum atomic E-state index is 1.04. The molecule has 0 radical (unpaired) electrons. The average Bonchev–Trinajstić information content (AvgIpc) is 3.03. The number of fused-ring (bicyclic) bond motifs is 8. The molecule has 5 aromatic rings. The van der Waals surface area contributed by atoms with Crippen LogP contribution in [0.4, 0.5) is 0 Å². The molecule has 0 aliphatic heterocycles. The van der Waals surface area contributed by atoms with Crippen LogP contribution < -0.4 is 0 Å². The Morgan fingerprint density at radius 1 is 0.773 bits per heavy atom. The summed E-state index contributed by atoms with van der Waals surface area (Å²) < 4.78 is 1.10. The lowest BCUT2D eigenvalue weighted by molar-refractivity contribution is 1.35. The number of halogens is 1. The summed E-state index contributed by atoms with van der Waals surface area (Å²) in [5.41, 5.74) is 2.12. The van der Waals surface area contributed by atoms with Crippen molar-refractivity contribution in [2.45, 2.75) is 0 Å². The van der Waals surface area contributed by atoms with Crippen LogP contribution in [0.2, 0.25) is 0 Å². The molecule has 1 heterocycles. The van der Waals surface area contributed by atoms with Gasteiger partial charge in [-0.15, -0.1) is 0 Å². The second-order valence-corrected chi connectivity index (χ2v) is 6.44. The van der Waals surface area contributed by atoms with Crippen LogP contribution >= 0.6 is 15.9 Å². The van der Waals surface area contributed by atoms with E-state index in [1.807, 2.05) is 0 Å². The van der Waals surface area contributed by atoms with E-state index >= 15 is 0 Å². The Bertz CT molecular complexity index is 1170. The lowest BCUT2D eigenvalue weighted by Crippen LogP contribution is -1.85. The lowest BCUT2D eigenvalue weighted by atomic mass is 9.94. The van der Waals surface area contributed by atoms with Crippen LogP contribution in [0.15, 0.2) is 65.4 Å². The molecule has 2 nitrogen and oxygen atoms in total. The summed E-state index contributed by atoms with van der Waals surface area (Å²) >= 11 is 3.60. The molecule has 0 spiro atoms. The minimum Gasteiger partial charge on any atom is -0.345 e. The molecule has 0 saturated heterocycles. The van der Waals surface area contributed by atoms with Crippen LogP contribution in [0.3, 0.4) is 0 Å². The number of rotatable bonds is 0. The summed E-state index contributed by atoms with van der Waals surface area (Å²) in [6.45, 7) is 0. The summed E-state index contributed by atoms with van der Waals surface area (Å²) in [4.78, 5) is 7.77. The molecule has 1 N–H and O–H groups in total. The second-order valence-electron chi connectivity index (χ2n) is 5.52. The highest BCUT2D eigenvalue weighted by Crippen LogP contribution is 2.38. The van der Waals surface area contributed by atoms with Crippen molar-refractivity contribution in [3.05, 3.63) is 65.4 Å². The van der Waals surface area contributed by atoms with Gasteiger partial charge in [0.05, 0.1) is 17.4 Å². The van der Waals surface area contributed by atoms with Crippen LogP contribution in [0.5, 0.6) is 0 Å². The summed E-state index contributed by atoms with van der Waals surface area (Å²) in [7, 11) is 0. The second kappa shape index (κ2) is 4.31. The SMILES string of the molecule is Brc1ccc2c(c1)c1ccccc1c1c2ccc2[nH]cnc21. The van der Waals surface area contributed by atoms with Gasteiger partial charge in [-0.2, -0.15) is 0 Å². The quantitative estimate of drug-likeness (QED) is 0.353. The van der Waals surface area contributed by atoms with E-state index in [2.05, 4.69) is 80.5 Å². The topological polar surface area (TPSA) is 28.7 Å². The van der Waals surface area contributed by atoms with Crippen LogP contribution in [0, 0.1) is 0 Å². The fourth-order valence-corrected chi connectivity index (χ4v) is 3.78. The zero-order valence-electron chi connectivity index (χ0n) is 11.6. The molecule has 3 heteroatoms. The van der Waals surface area contributed by atoms with Crippen molar-refractivity contribution >= 4 is 59.3 Å². The Hall–Kier alpha value is -2.39. The smallest absolute Gasteiger partial charge is 0.0967 e. The molecule has 0 aliphatic carbocycles. The van der Waals surface area contributed by atoms with Crippen LogP contribution in [-0.2, 0) is 0 Å². The van der Waals surface area contributed by atoms with E-state index in [1.54, 1.807) is 6.33 Å². The molecule has 0 saturated carbocycles.